The van der Waals surface area contributed by atoms with Gasteiger partial charge in [-0.2, -0.15) is 0 Å². The van der Waals surface area contributed by atoms with Gasteiger partial charge in [0.25, 0.3) is 0 Å². The zero-order chi connectivity index (χ0) is 13.0. The Balaban J connectivity index is 1.95. The predicted octanol–water partition coefficient (Wildman–Crippen LogP) is 4.58. The van der Waals surface area contributed by atoms with Crippen LogP contribution in [0.1, 0.15) is 57.4 Å². The van der Waals surface area contributed by atoms with Gasteiger partial charge < -0.3 is 0 Å². The van der Waals surface area contributed by atoms with Gasteiger partial charge in [-0.3, -0.25) is 4.79 Å². The molecule has 0 bridgehead atoms. The van der Waals surface area contributed by atoms with E-state index in [1.807, 2.05) is 6.07 Å². The van der Waals surface area contributed by atoms with E-state index in [-0.39, 0.29) is 0 Å². The molecule has 1 heteroatoms. The van der Waals surface area contributed by atoms with Crippen molar-refractivity contribution in [3.05, 3.63) is 35.9 Å². The summed E-state index contributed by atoms with van der Waals surface area (Å²) in [5.41, 5.74) is 1.35. The van der Waals surface area contributed by atoms with E-state index in [1.54, 1.807) is 0 Å². The summed E-state index contributed by atoms with van der Waals surface area (Å²) in [6.45, 7) is 4.36. The van der Waals surface area contributed by atoms with Crippen LogP contribution in [0.3, 0.4) is 0 Å². The quantitative estimate of drug-likeness (QED) is 0.686. The third-order valence-corrected chi connectivity index (χ3v) is 4.06. The van der Waals surface area contributed by atoms with Crippen LogP contribution in [0.15, 0.2) is 30.3 Å². The van der Waals surface area contributed by atoms with Gasteiger partial charge in [-0.25, -0.2) is 0 Å². The number of benzene rings is 1. The summed E-state index contributed by atoms with van der Waals surface area (Å²) in [5, 5.41) is 0. The van der Waals surface area contributed by atoms with Crippen LogP contribution in [0, 0.1) is 11.8 Å². The Bertz CT molecular complexity index is 376. The van der Waals surface area contributed by atoms with E-state index in [0.29, 0.717) is 23.5 Å². The standard InChI is InChI=1S/C17H24O/c1-3-8-14(9-4-2)17(18)16-12-15(16)13-10-6-5-7-11-13/h5-7,10-11,14-16H,3-4,8-9,12H2,1-2H3. The highest BCUT2D eigenvalue weighted by molar-refractivity contribution is 5.87. The molecule has 98 valence electrons. The number of rotatable bonds is 7. The maximum absolute atomic E-state index is 12.5. The second kappa shape index (κ2) is 6.17. The number of Topliss-reactive ketones (excluding diaryl/α,β-unsaturated/α-hetero) is 1. The van der Waals surface area contributed by atoms with Gasteiger partial charge >= 0.3 is 0 Å². The minimum Gasteiger partial charge on any atom is -0.299 e. The molecule has 1 saturated carbocycles. The van der Waals surface area contributed by atoms with Crippen LogP contribution in [0.4, 0.5) is 0 Å². The Morgan fingerprint density at radius 3 is 2.33 bits per heavy atom. The van der Waals surface area contributed by atoms with Crippen molar-refractivity contribution < 1.29 is 4.79 Å². The zero-order valence-corrected chi connectivity index (χ0v) is 11.6. The second-order valence-corrected chi connectivity index (χ2v) is 5.54. The van der Waals surface area contributed by atoms with Crippen molar-refractivity contribution in [1.29, 1.82) is 0 Å². The van der Waals surface area contributed by atoms with Crippen LogP contribution in [0.25, 0.3) is 0 Å². The molecule has 1 aromatic rings. The molecule has 0 heterocycles. The molecule has 1 aromatic carbocycles. The molecule has 18 heavy (non-hydrogen) atoms. The highest BCUT2D eigenvalue weighted by atomic mass is 16.1. The Morgan fingerprint density at radius 1 is 1.17 bits per heavy atom. The second-order valence-electron chi connectivity index (χ2n) is 5.54. The summed E-state index contributed by atoms with van der Waals surface area (Å²) < 4.78 is 0. The number of carbonyl (C=O) groups is 1. The number of hydrogen-bond acceptors (Lipinski definition) is 1. The third kappa shape index (κ3) is 3.01. The molecule has 2 unspecified atom stereocenters. The molecule has 0 N–H and O–H groups in total. The molecule has 2 rings (SSSR count). The molecule has 0 spiro atoms. The Morgan fingerprint density at radius 2 is 1.78 bits per heavy atom. The summed E-state index contributed by atoms with van der Waals surface area (Å²) in [7, 11) is 0. The molecular formula is C17H24O. The molecule has 1 fully saturated rings. The summed E-state index contributed by atoms with van der Waals surface area (Å²) in [6.07, 6.45) is 5.47. The average Bonchev–Trinajstić information content (AvgIpc) is 3.19. The highest BCUT2D eigenvalue weighted by Gasteiger charge is 2.45. The average molecular weight is 244 g/mol. The lowest BCUT2D eigenvalue weighted by Gasteiger charge is -2.13. The maximum Gasteiger partial charge on any atom is 0.139 e. The lowest BCUT2D eigenvalue weighted by atomic mass is 9.90. The molecule has 0 amide bonds. The van der Waals surface area contributed by atoms with E-state index in [4.69, 9.17) is 0 Å². The number of ketones is 1. The predicted molar refractivity (Wildman–Crippen MR) is 75.6 cm³/mol. The van der Waals surface area contributed by atoms with Crippen LogP contribution in [0.5, 0.6) is 0 Å². The Hall–Kier alpha value is -1.11. The first-order valence-corrected chi connectivity index (χ1v) is 7.36. The van der Waals surface area contributed by atoms with Crippen molar-refractivity contribution in [3.63, 3.8) is 0 Å². The van der Waals surface area contributed by atoms with E-state index in [1.165, 1.54) is 5.56 Å². The first-order valence-electron chi connectivity index (χ1n) is 7.36. The summed E-state index contributed by atoms with van der Waals surface area (Å²) in [5.74, 6) is 1.68. The van der Waals surface area contributed by atoms with Gasteiger partial charge in [0.2, 0.25) is 0 Å². The molecular weight excluding hydrogens is 220 g/mol. The summed E-state index contributed by atoms with van der Waals surface area (Å²) in [4.78, 5) is 12.5. The molecule has 1 aliphatic rings. The van der Waals surface area contributed by atoms with Crippen molar-refractivity contribution in [2.24, 2.45) is 11.8 Å². The van der Waals surface area contributed by atoms with Gasteiger partial charge in [0.1, 0.15) is 5.78 Å². The van der Waals surface area contributed by atoms with Gasteiger partial charge in [0.15, 0.2) is 0 Å². The van der Waals surface area contributed by atoms with Crippen LogP contribution in [-0.2, 0) is 4.79 Å². The normalized spacial score (nSPS) is 22.2. The molecule has 0 aliphatic heterocycles. The Kier molecular flexibility index (Phi) is 4.57. The molecule has 2 atom stereocenters. The van der Waals surface area contributed by atoms with Crippen LogP contribution < -0.4 is 0 Å². The molecule has 0 saturated heterocycles. The van der Waals surface area contributed by atoms with Crippen molar-refractivity contribution in [1.82, 2.24) is 0 Å². The molecule has 0 aromatic heterocycles. The summed E-state index contributed by atoms with van der Waals surface area (Å²) >= 11 is 0. The van der Waals surface area contributed by atoms with Crippen LogP contribution in [-0.4, -0.2) is 5.78 Å². The van der Waals surface area contributed by atoms with Gasteiger partial charge in [-0.05, 0) is 30.7 Å². The van der Waals surface area contributed by atoms with E-state index >= 15 is 0 Å². The maximum atomic E-state index is 12.5. The fourth-order valence-corrected chi connectivity index (χ4v) is 3.01. The SMILES string of the molecule is CCCC(CCC)C(=O)C1CC1c1ccccc1. The minimum atomic E-state index is 0.315. The number of carbonyl (C=O) groups excluding carboxylic acids is 1. The van der Waals surface area contributed by atoms with Crippen molar-refractivity contribution in [3.8, 4) is 0 Å². The largest absolute Gasteiger partial charge is 0.299 e. The van der Waals surface area contributed by atoms with Gasteiger partial charge in [0.05, 0.1) is 0 Å². The van der Waals surface area contributed by atoms with Crippen molar-refractivity contribution >= 4 is 5.78 Å². The van der Waals surface area contributed by atoms with Gasteiger partial charge in [-0.15, -0.1) is 0 Å². The van der Waals surface area contributed by atoms with E-state index in [0.717, 1.165) is 32.1 Å². The van der Waals surface area contributed by atoms with Crippen LogP contribution in [0.2, 0.25) is 0 Å². The smallest absolute Gasteiger partial charge is 0.139 e. The first kappa shape index (κ1) is 13.3. The molecule has 0 radical (unpaired) electrons. The lowest BCUT2D eigenvalue weighted by molar-refractivity contribution is -0.124. The topological polar surface area (TPSA) is 17.1 Å². The van der Waals surface area contributed by atoms with E-state index < -0.39 is 0 Å². The minimum absolute atomic E-state index is 0.315. The lowest BCUT2D eigenvalue weighted by Crippen LogP contribution is -2.16. The van der Waals surface area contributed by atoms with Crippen LogP contribution >= 0.6 is 0 Å². The van der Waals surface area contributed by atoms with Gasteiger partial charge in [-0.1, -0.05) is 57.0 Å². The third-order valence-electron chi connectivity index (χ3n) is 4.06. The fraction of sp³-hybridized carbons (Fsp3) is 0.588. The van der Waals surface area contributed by atoms with Gasteiger partial charge in [0, 0.05) is 11.8 Å². The van der Waals surface area contributed by atoms with Crippen molar-refractivity contribution in [2.45, 2.75) is 51.9 Å². The number of hydrogen-bond donors (Lipinski definition) is 0. The molecule has 1 aliphatic carbocycles. The zero-order valence-electron chi connectivity index (χ0n) is 11.6. The van der Waals surface area contributed by atoms with E-state index in [9.17, 15) is 4.79 Å². The molecule has 1 nitrogen and oxygen atoms in total. The highest BCUT2D eigenvalue weighted by Crippen LogP contribution is 2.49. The first-order chi connectivity index (χ1) is 8.77. The summed E-state index contributed by atoms with van der Waals surface area (Å²) in [6, 6.07) is 10.5. The fourth-order valence-electron chi connectivity index (χ4n) is 3.01. The van der Waals surface area contributed by atoms with Crippen molar-refractivity contribution in [2.75, 3.05) is 0 Å². The Labute approximate surface area is 111 Å². The van der Waals surface area contributed by atoms with E-state index in [2.05, 4.69) is 38.1 Å². The monoisotopic (exact) mass is 244 g/mol.